The van der Waals surface area contributed by atoms with Crippen molar-refractivity contribution >= 4 is 10.0 Å². The summed E-state index contributed by atoms with van der Waals surface area (Å²) in [5.74, 6) is 0.957. The van der Waals surface area contributed by atoms with Crippen molar-refractivity contribution in [3.05, 3.63) is 65.7 Å². The van der Waals surface area contributed by atoms with Gasteiger partial charge in [0.15, 0.2) is 0 Å². The number of hydrogen-bond donors (Lipinski definition) is 0. The quantitative estimate of drug-likeness (QED) is 0.747. The van der Waals surface area contributed by atoms with Crippen molar-refractivity contribution in [2.45, 2.75) is 12.7 Å². The largest absolute Gasteiger partial charge is 0.492 e. The first-order valence-corrected chi connectivity index (χ1v) is 10.6. The summed E-state index contributed by atoms with van der Waals surface area (Å²) in [7, 11) is -3.25. The fourth-order valence-electron chi connectivity index (χ4n) is 3.11. The monoisotopic (exact) mass is 374 g/mol. The lowest BCUT2D eigenvalue weighted by atomic mass is 10.2. The molecule has 0 amide bonds. The number of nitrogens with zero attached hydrogens (tertiary/aromatic N) is 2. The van der Waals surface area contributed by atoms with Gasteiger partial charge in [-0.15, -0.1) is 0 Å². The molecule has 0 aromatic heterocycles. The van der Waals surface area contributed by atoms with E-state index in [-0.39, 0.29) is 5.75 Å². The van der Waals surface area contributed by atoms with Crippen molar-refractivity contribution in [1.82, 2.24) is 9.21 Å². The highest BCUT2D eigenvalue weighted by Crippen LogP contribution is 2.15. The summed E-state index contributed by atoms with van der Waals surface area (Å²) in [6.07, 6.45) is 0. The van der Waals surface area contributed by atoms with Crippen molar-refractivity contribution in [3.63, 3.8) is 0 Å². The highest BCUT2D eigenvalue weighted by molar-refractivity contribution is 7.88. The summed E-state index contributed by atoms with van der Waals surface area (Å²) >= 11 is 0. The molecule has 0 unspecified atom stereocenters. The summed E-state index contributed by atoms with van der Waals surface area (Å²) in [5.41, 5.74) is 2.02. The second-order valence-corrected chi connectivity index (χ2v) is 8.62. The Hall–Kier alpha value is -1.89. The second-order valence-electron chi connectivity index (χ2n) is 6.65. The van der Waals surface area contributed by atoms with E-state index < -0.39 is 10.0 Å². The predicted molar refractivity (Wildman–Crippen MR) is 104 cm³/mol. The number of aryl methyl sites for hydroxylation is 1. The van der Waals surface area contributed by atoms with Gasteiger partial charge in [-0.2, -0.15) is 4.31 Å². The van der Waals surface area contributed by atoms with Crippen molar-refractivity contribution < 1.29 is 13.2 Å². The van der Waals surface area contributed by atoms with Gasteiger partial charge >= 0.3 is 0 Å². The summed E-state index contributed by atoms with van der Waals surface area (Å²) in [5, 5.41) is 0. The topological polar surface area (TPSA) is 49.9 Å². The van der Waals surface area contributed by atoms with Gasteiger partial charge in [0.2, 0.25) is 10.0 Å². The van der Waals surface area contributed by atoms with E-state index in [0.29, 0.717) is 19.7 Å². The molecule has 2 aromatic rings. The van der Waals surface area contributed by atoms with E-state index in [0.717, 1.165) is 30.9 Å². The number of hydrogen-bond acceptors (Lipinski definition) is 4. The third kappa shape index (κ3) is 5.30. The molecule has 2 aromatic carbocycles. The van der Waals surface area contributed by atoms with Gasteiger partial charge in [-0.25, -0.2) is 8.42 Å². The summed E-state index contributed by atoms with van der Waals surface area (Å²) in [6.45, 7) is 6.03. The smallest absolute Gasteiger partial charge is 0.218 e. The maximum absolute atomic E-state index is 12.6. The fraction of sp³-hybridized carbons (Fsp3) is 0.400. The zero-order chi connectivity index (χ0) is 18.4. The molecule has 0 atom stereocenters. The molecule has 26 heavy (non-hydrogen) atoms. The van der Waals surface area contributed by atoms with E-state index in [1.165, 1.54) is 5.56 Å². The van der Waals surface area contributed by atoms with E-state index in [1.807, 2.05) is 61.5 Å². The predicted octanol–water partition coefficient (Wildman–Crippen LogP) is 2.52. The first-order valence-electron chi connectivity index (χ1n) is 8.96. The molecule has 1 saturated heterocycles. The molecular weight excluding hydrogens is 348 g/mol. The van der Waals surface area contributed by atoms with Crippen LogP contribution in [0.3, 0.4) is 0 Å². The SMILES string of the molecule is Cc1cccc(OCCN2CCN(S(=O)(=O)Cc3ccccc3)CC2)c1. The van der Waals surface area contributed by atoms with Gasteiger partial charge in [0.1, 0.15) is 12.4 Å². The molecule has 0 aliphatic carbocycles. The van der Waals surface area contributed by atoms with Gasteiger partial charge in [-0.3, -0.25) is 4.90 Å². The van der Waals surface area contributed by atoms with E-state index in [1.54, 1.807) is 4.31 Å². The number of ether oxygens (including phenoxy) is 1. The molecule has 140 valence electrons. The highest BCUT2D eigenvalue weighted by Gasteiger charge is 2.26. The van der Waals surface area contributed by atoms with Crippen LogP contribution in [0.15, 0.2) is 54.6 Å². The van der Waals surface area contributed by atoms with Crippen LogP contribution in [0.2, 0.25) is 0 Å². The van der Waals surface area contributed by atoms with Crippen LogP contribution in [-0.2, 0) is 15.8 Å². The van der Waals surface area contributed by atoms with Crippen LogP contribution in [0.25, 0.3) is 0 Å². The summed E-state index contributed by atoms with van der Waals surface area (Å²) in [4.78, 5) is 2.25. The van der Waals surface area contributed by atoms with E-state index >= 15 is 0 Å². The lowest BCUT2D eigenvalue weighted by Crippen LogP contribution is -2.49. The third-order valence-corrected chi connectivity index (χ3v) is 6.43. The van der Waals surface area contributed by atoms with Gasteiger partial charge in [0.25, 0.3) is 0 Å². The van der Waals surface area contributed by atoms with Crippen LogP contribution in [0.1, 0.15) is 11.1 Å². The van der Waals surface area contributed by atoms with Crippen LogP contribution in [0.5, 0.6) is 5.75 Å². The highest BCUT2D eigenvalue weighted by atomic mass is 32.2. The minimum Gasteiger partial charge on any atom is -0.492 e. The Bertz CT molecular complexity index is 801. The van der Waals surface area contributed by atoms with Gasteiger partial charge in [0, 0.05) is 32.7 Å². The number of benzene rings is 2. The van der Waals surface area contributed by atoms with Gasteiger partial charge in [-0.05, 0) is 30.2 Å². The van der Waals surface area contributed by atoms with Crippen LogP contribution >= 0.6 is 0 Å². The molecule has 1 fully saturated rings. The average Bonchev–Trinajstić information content (AvgIpc) is 2.63. The summed E-state index contributed by atoms with van der Waals surface area (Å²) in [6, 6.07) is 17.4. The molecule has 1 heterocycles. The number of rotatable bonds is 7. The Morgan fingerprint density at radius 3 is 2.38 bits per heavy atom. The average molecular weight is 375 g/mol. The molecule has 1 aliphatic heterocycles. The normalized spacial score (nSPS) is 16.5. The molecule has 1 aliphatic rings. The summed E-state index contributed by atoms with van der Waals surface area (Å²) < 4.78 is 32.5. The first kappa shape index (κ1) is 18.9. The first-order chi connectivity index (χ1) is 12.5. The van der Waals surface area contributed by atoms with Crippen molar-refractivity contribution in [1.29, 1.82) is 0 Å². The van der Waals surface area contributed by atoms with Gasteiger partial charge < -0.3 is 4.74 Å². The fourth-order valence-corrected chi connectivity index (χ4v) is 4.62. The molecule has 0 spiro atoms. The minimum atomic E-state index is -3.25. The van der Waals surface area contributed by atoms with Gasteiger partial charge in [-0.1, -0.05) is 42.5 Å². The number of piperazine rings is 1. The van der Waals surface area contributed by atoms with Crippen LogP contribution in [0.4, 0.5) is 0 Å². The standard InChI is InChI=1S/C20H26N2O3S/c1-18-6-5-9-20(16-18)25-15-14-21-10-12-22(13-11-21)26(23,24)17-19-7-3-2-4-8-19/h2-9,16H,10-15,17H2,1H3. The molecule has 5 nitrogen and oxygen atoms in total. The molecule has 0 bridgehead atoms. The maximum Gasteiger partial charge on any atom is 0.218 e. The zero-order valence-corrected chi connectivity index (χ0v) is 16.0. The van der Waals surface area contributed by atoms with E-state index in [2.05, 4.69) is 4.90 Å². The Morgan fingerprint density at radius 2 is 1.69 bits per heavy atom. The zero-order valence-electron chi connectivity index (χ0n) is 15.2. The molecule has 6 heteroatoms. The molecule has 3 rings (SSSR count). The van der Waals surface area contributed by atoms with Crippen LogP contribution in [-0.4, -0.2) is 57.0 Å². The second kappa shape index (κ2) is 8.66. The third-order valence-electron chi connectivity index (χ3n) is 4.58. The lowest BCUT2D eigenvalue weighted by molar-refractivity contribution is 0.159. The lowest BCUT2D eigenvalue weighted by Gasteiger charge is -2.33. The van der Waals surface area contributed by atoms with E-state index in [9.17, 15) is 8.42 Å². The maximum atomic E-state index is 12.6. The Morgan fingerprint density at radius 1 is 0.962 bits per heavy atom. The Labute approximate surface area is 156 Å². The minimum absolute atomic E-state index is 0.0737. The molecule has 0 N–H and O–H groups in total. The van der Waals surface area contributed by atoms with Crippen molar-refractivity contribution in [2.24, 2.45) is 0 Å². The number of sulfonamides is 1. The molecular formula is C20H26N2O3S. The van der Waals surface area contributed by atoms with Crippen LogP contribution < -0.4 is 4.74 Å². The van der Waals surface area contributed by atoms with Gasteiger partial charge in [0.05, 0.1) is 5.75 Å². The molecule has 0 radical (unpaired) electrons. The Balaban J connectivity index is 1.43. The van der Waals surface area contributed by atoms with Crippen molar-refractivity contribution in [3.8, 4) is 5.75 Å². The Kier molecular flexibility index (Phi) is 6.29. The van der Waals surface area contributed by atoms with Crippen molar-refractivity contribution in [2.75, 3.05) is 39.3 Å². The van der Waals surface area contributed by atoms with E-state index in [4.69, 9.17) is 4.74 Å². The van der Waals surface area contributed by atoms with Crippen LogP contribution in [0, 0.1) is 6.92 Å². The molecule has 0 saturated carbocycles.